The molecule has 0 radical (unpaired) electrons. The van der Waals surface area contributed by atoms with E-state index in [9.17, 15) is 13.2 Å². The second-order valence-electron chi connectivity index (χ2n) is 3.15. The van der Waals surface area contributed by atoms with E-state index < -0.39 is 10.3 Å². The lowest BCUT2D eigenvalue weighted by Gasteiger charge is -2.05. The lowest BCUT2D eigenvalue weighted by Crippen LogP contribution is -2.18. The molecule has 90 valence electrons. The quantitative estimate of drug-likeness (QED) is 0.903. The van der Waals surface area contributed by atoms with Crippen molar-refractivity contribution in [3.8, 4) is 5.75 Å². The number of benzene rings is 1. The van der Waals surface area contributed by atoms with Crippen LogP contribution in [0, 0.1) is 0 Å². The van der Waals surface area contributed by atoms with Gasteiger partial charge in [0.2, 0.25) is 4.74 Å². The number of hydrogen-bond donors (Lipinski definition) is 1. The van der Waals surface area contributed by atoms with Gasteiger partial charge in [-0.3, -0.25) is 4.79 Å². The molecule has 1 aromatic heterocycles. The van der Waals surface area contributed by atoms with Crippen LogP contribution in [0.2, 0.25) is 0 Å². The average molecular weight is 336 g/mol. The third-order valence-corrected chi connectivity index (χ3v) is 3.85. The number of hydrogen-bond acceptors (Lipinski definition) is 5. The van der Waals surface area contributed by atoms with E-state index in [2.05, 4.69) is 20.1 Å². The van der Waals surface area contributed by atoms with E-state index in [1.165, 1.54) is 18.2 Å². The second kappa shape index (κ2) is 4.37. The Morgan fingerprint density at radius 2 is 2.00 bits per heavy atom. The van der Waals surface area contributed by atoms with Crippen LogP contribution in [-0.4, -0.2) is 8.42 Å². The fourth-order valence-corrected chi connectivity index (χ4v) is 3.17. The van der Waals surface area contributed by atoms with Crippen LogP contribution in [0.3, 0.4) is 0 Å². The highest BCUT2D eigenvalue weighted by Crippen LogP contribution is 2.30. The lowest BCUT2D eigenvalue weighted by molar-refractivity contribution is 0.488. The van der Waals surface area contributed by atoms with Crippen LogP contribution < -0.4 is 14.1 Å². The molecular weight excluding hydrogens is 330 g/mol. The maximum Gasteiger partial charge on any atom is 0.380 e. The van der Waals surface area contributed by atoms with Gasteiger partial charge in [-0.05, 0) is 40.2 Å². The van der Waals surface area contributed by atoms with Gasteiger partial charge < -0.3 is 4.18 Å². The first kappa shape index (κ1) is 12.5. The van der Waals surface area contributed by atoms with Crippen LogP contribution >= 0.6 is 27.3 Å². The summed E-state index contributed by atoms with van der Waals surface area (Å²) in [6.45, 7) is 0. The Morgan fingerprint density at radius 1 is 1.29 bits per heavy atom. The van der Waals surface area contributed by atoms with E-state index in [-0.39, 0.29) is 10.5 Å². The van der Waals surface area contributed by atoms with Crippen molar-refractivity contribution in [1.82, 2.24) is 0 Å². The van der Waals surface area contributed by atoms with Crippen molar-refractivity contribution in [3.63, 3.8) is 0 Å². The van der Waals surface area contributed by atoms with Crippen LogP contribution in [0.25, 0.3) is 10.1 Å². The fourth-order valence-electron chi connectivity index (χ4n) is 1.29. The number of nitrogens with two attached hydrogens (primary N) is 1. The summed E-state index contributed by atoms with van der Waals surface area (Å²) in [5.74, 6) is 0.0636. The highest BCUT2D eigenvalue weighted by Gasteiger charge is 2.09. The Kier molecular flexibility index (Phi) is 3.21. The molecule has 8 heteroatoms. The Bertz CT molecular complexity index is 738. The summed E-state index contributed by atoms with van der Waals surface area (Å²) in [5, 5.41) is 5.57. The molecule has 0 aliphatic rings. The summed E-state index contributed by atoms with van der Waals surface area (Å²) >= 11 is 4.26. The highest BCUT2D eigenvalue weighted by molar-refractivity contribution is 9.10. The van der Waals surface area contributed by atoms with Crippen LogP contribution in [0.4, 0.5) is 0 Å². The number of halogens is 1. The molecule has 0 unspecified atom stereocenters. The summed E-state index contributed by atoms with van der Waals surface area (Å²) in [5.41, 5.74) is 0. The van der Waals surface area contributed by atoms with Gasteiger partial charge in [0.05, 0.1) is 0 Å². The molecule has 0 saturated carbocycles. The van der Waals surface area contributed by atoms with Crippen LogP contribution in [0.5, 0.6) is 5.75 Å². The zero-order chi connectivity index (χ0) is 12.6. The van der Waals surface area contributed by atoms with Gasteiger partial charge in [-0.1, -0.05) is 11.3 Å². The molecule has 1 aromatic carbocycles. The second-order valence-corrected chi connectivity index (χ2v) is 6.20. The molecule has 2 N–H and O–H groups in total. The first-order valence-corrected chi connectivity index (χ1v) is 7.39. The largest absolute Gasteiger partial charge is 0.380 e. The van der Waals surface area contributed by atoms with Crippen LogP contribution in [-0.2, 0) is 10.3 Å². The topological polar surface area (TPSA) is 86.5 Å². The van der Waals surface area contributed by atoms with Gasteiger partial charge >= 0.3 is 10.3 Å². The van der Waals surface area contributed by atoms with Gasteiger partial charge in [0.25, 0.3) is 0 Å². The van der Waals surface area contributed by atoms with Crippen molar-refractivity contribution in [2.45, 2.75) is 0 Å². The molecule has 1 heterocycles. The standard InChI is InChI=1S/C9H6BrNO4S2/c10-7-3-5(15-17(11,13)14)4-8-6(7)1-2-9(12)16-8/h1-4H,(H2,11,13,14). The van der Waals surface area contributed by atoms with Crippen molar-refractivity contribution in [3.05, 3.63) is 38.3 Å². The van der Waals surface area contributed by atoms with E-state index in [4.69, 9.17) is 5.14 Å². The molecule has 2 aromatic rings. The van der Waals surface area contributed by atoms with Gasteiger partial charge in [0.1, 0.15) is 5.75 Å². The molecule has 0 spiro atoms. The van der Waals surface area contributed by atoms with Crippen LogP contribution in [0.15, 0.2) is 33.5 Å². The molecule has 0 aliphatic heterocycles. The smallest absolute Gasteiger partial charge is 0.371 e. The van der Waals surface area contributed by atoms with Crippen molar-refractivity contribution < 1.29 is 12.6 Å². The van der Waals surface area contributed by atoms with E-state index in [0.717, 1.165) is 16.7 Å². The third kappa shape index (κ3) is 3.03. The Hall–Kier alpha value is -0.960. The summed E-state index contributed by atoms with van der Waals surface area (Å²) in [6, 6.07) is 6.03. The van der Waals surface area contributed by atoms with Crippen molar-refractivity contribution in [1.29, 1.82) is 0 Å². The molecule has 0 saturated heterocycles. The van der Waals surface area contributed by atoms with Gasteiger partial charge in [-0.2, -0.15) is 13.6 Å². The number of fused-ring (bicyclic) bond motifs is 1. The minimum Gasteiger partial charge on any atom is -0.371 e. The SMILES string of the molecule is NS(=O)(=O)Oc1cc(Br)c2ccc(=O)sc2c1. The fraction of sp³-hybridized carbons (Fsp3) is 0. The summed E-state index contributed by atoms with van der Waals surface area (Å²) in [4.78, 5) is 11.2. The zero-order valence-corrected chi connectivity index (χ0v) is 11.4. The summed E-state index contributed by atoms with van der Waals surface area (Å²) in [7, 11) is -4.07. The maximum absolute atomic E-state index is 11.2. The molecule has 5 nitrogen and oxygen atoms in total. The van der Waals surface area contributed by atoms with E-state index in [1.54, 1.807) is 6.07 Å². The van der Waals surface area contributed by atoms with Gasteiger partial charge in [-0.25, -0.2) is 0 Å². The zero-order valence-electron chi connectivity index (χ0n) is 8.21. The van der Waals surface area contributed by atoms with E-state index in [1.807, 2.05) is 0 Å². The molecular formula is C9H6BrNO4S2. The molecule has 0 aliphatic carbocycles. The number of rotatable bonds is 2. The van der Waals surface area contributed by atoms with Gasteiger partial charge in [-0.15, -0.1) is 0 Å². The molecule has 0 atom stereocenters. The minimum absolute atomic E-state index is 0.0636. The van der Waals surface area contributed by atoms with Crippen LogP contribution in [0.1, 0.15) is 0 Å². The molecule has 2 rings (SSSR count). The van der Waals surface area contributed by atoms with Gasteiger partial charge in [0.15, 0.2) is 0 Å². The maximum atomic E-state index is 11.2. The average Bonchev–Trinajstić information content (AvgIpc) is 2.13. The Balaban J connectivity index is 2.65. The third-order valence-electron chi connectivity index (χ3n) is 1.87. The monoisotopic (exact) mass is 335 g/mol. The summed E-state index contributed by atoms with van der Waals surface area (Å²) < 4.78 is 27.3. The van der Waals surface area contributed by atoms with Crippen molar-refractivity contribution >= 4 is 47.7 Å². The van der Waals surface area contributed by atoms with Gasteiger partial charge in [0, 0.05) is 14.6 Å². The van der Waals surface area contributed by atoms with Crippen molar-refractivity contribution in [2.24, 2.45) is 5.14 Å². The lowest BCUT2D eigenvalue weighted by atomic mass is 10.2. The van der Waals surface area contributed by atoms with Crippen molar-refractivity contribution in [2.75, 3.05) is 0 Å². The normalized spacial score (nSPS) is 11.6. The summed E-state index contributed by atoms with van der Waals surface area (Å²) in [6.07, 6.45) is 0. The highest BCUT2D eigenvalue weighted by atomic mass is 79.9. The first-order chi connectivity index (χ1) is 7.85. The minimum atomic E-state index is -4.07. The molecule has 0 bridgehead atoms. The Morgan fingerprint density at radius 3 is 2.65 bits per heavy atom. The van der Waals surface area contributed by atoms with E-state index >= 15 is 0 Å². The first-order valence-electron chi connectivity index (χ1n) is 4.31. The molecule has 0 amide bonds. The molecule has 0 fully saturated rings. The molecule has 17 heavy (non-hydrogen) atoms. The Labute approximate surface area is 109 Å². The van der Waals surface area contributed by atoms with E-state index in [0.29, 0.717) is 9.17 Å². The predicted octanol–water partition coefficient (Wildman–Crippen LogP) is 1.61. The predicted molar refractivity (Wildman–Crippen MR) is 69.5 cm³/mol.